The Kier molecular flexibility index (Phi) is 8.88. The molecule has 0 N–H and O–H groups in total. The van der Waals surface area contributed by atoms with Gasteiger partial charge in [-0.1, -0.05) is 64.7 Å². The highest BCUT2D eigenvalue weighted by Gasteiger charge is 2.12. The standard InChI is InChI=1S/C15H30N/c1-2-13-16-14-9-4-3-6-10-15-11-7-5-8-12-15/h15H,2-14H2,1H3. The number of hydrogen-bond acceptors (Lipinski definition) is 0. The van der Waals surface area contributed by atoms with Crippen molar-refractivity contribution in [3.8, 4) is 0 Å². The highest BCUT2D eigenvalue weighted by atomic mass is 14.8. The third-order valence-electron chi connectivity index (χ3n) is 3.79. The molecular weight excluding hydrogens is 194 g/mol. The maximum atomic E-state index is 4.48. The molecule has 1 nitrogen and oxygen atoms in total. The SMILES string of the molecule is CCC[N]CCCCCCC1CCCCC1. The zero-order valence-corrected chi connectivity index (χ0v) is 11.2. The van der Waals surface area contributed by atoms with Crippen LogP contribution in [0.1, 0.15) is 77.6 Å². The lowest BCUT2D eigenvalue weighted by Gasteiger charge is -2.21. The van der Waals surface area contributed by atoms with Gasteiger partial charge in [0.2, 0.25) is 0 Å². The molecule has 95 valence electrons. The van der Waals surface area contributed by atoms with Gasteiger partial charge in [-0.25, -0.2) is 5.32 Å². The highest BCUT2D eigenvalue weighted by molar-refractivity contribution is 4.65. The second kappa shape index (κ2) is 10.1. The molecule has 0 amide bonds. The Balaban J connectivity index is 1.77. The highest BCUT2D eigenvalue weighted by Crippen LogP contribution is 2.27. The number of hydrogen-bond donors (Lipinski definition) is 0. The zero-order valence-electron chi connectivity index (χ0n) is 11.2. The molecule has 1 fully saturated rings. The summed E-state index contributed by atoms with van der Waals surface area (Å²) in [5.41, 5.74) is 0. The summed E-state index contributed by atoms with van der Waals surface area (Å²) in [5, 5.41) is 4.48. The first-order valence-corrected chi connectivity index (χ1v) is 7.56. The minimum absolute atomic E-state index is 1.07. The monoisotopic (exact) mass is 224 g/mol. The predicted octanol–water partition coefficient (Wildman–Crippen LogP) is 4.53. The predicted molar refractivity (Wildman–Crippen MR) is 71.8 cm³/mol. The van der Waals surface area contributed by atoms with Crippen LogP contribution in [0.4, 0.5) is 0 Å². The second-order valence-electron chi connectivity index (χ2n) is 5.38. The molecule has 0 unspecified atom stereocenters. The van der Waals surface area contributed by atoms with E-state index in [1.165, 1.54) is 70.6 Å². The third-order valence-corrected chi connectivity index (χ3v) is 3.79. The van der Waals surface area contributed by atoms with Crippen LogP contribution in [0.15, 0.2) is 0 Å². The molecule has 0 saturated heterocycles. The van der Waals surface area contributed by atoms with Crippen molar-refractivity contribution in [2.75, 3.05) is 13.1 Å². The van der Waals surface area contributed by atoms with Crippen LogP contribution in [-0.2, 0) is 0 Å². The van der Waals surface area contributed by atoms with E-state index in [4.69, 9.17) is 0 Å². The molecule has 16 heavy (non-hydrogen) atoms. The fourth-order valence-corrected chi connectivity index (χ4v) is 2.76. The fourth-order valence-electron chi connectivity index (χ4n) is 2.76. The van der Waals surface area contributed by atoms with Crippen LogP contribution in [0, 0.1) is 5.92 Å². The smallest absolute Gasteiger partial charge is 0.0133 e. The van der Waals surface area contributed by atoms with Gasteiger partial charge in [0.05, 0.1) is 0 Å². The summed E-state index contributed by atoms with van der Waals surface area (Å²) >= 11 is 0. The Morgan fingerprint density at radius 3 is 2.38 bits per heavy atom. The van der Waals surface area contributed by atoms with E-state index in [-0.39, 0.29) is 0 Å². The van der Waals surface area contributed by atoms with Gasteiger partial charge in [-0.15, -0.1) is 0 Å². The van der Waals surface area contributed by atoms with Crippen molar-refractivity contribution in [2.24, 2.45) is 5.92 Å². The lowest BCUT2D eigenvalue weighted by atomic mass is 9.85. The minimum atomic E-state index is 1.07. The van der Waals surface area contributed by atoms with Gasteiger partial charge in [0, 0.05) is 13.1 Å². The molecule has 1 saturated carbocycles. The molecule has 1 aliphatic rings. The van der Waals surface area contributed by atoms with E-state index >= 15 is 0 Å². The first-order chi connectivity index (χ1) is 7.93. The molecule has 0 atom stereocenters. The summed E-state index contributed by atoms with van der Waals surface area (Å²) < 4.78 is 0. The maximum absolute atomic E-state index is 4.48. The van der Waals surface area contributed by atoms with Crippen LogP contribution in [-0.4, -0.2) is 13.1 Å². The van der Waals surface area contributed by atoms with Crippen LogP contribution in [0.2, 0.25) is 0 Å². The molecule has 0 heterocycles. The van der Waals surface area contributed by atoms with E-state index in [0.717, 1.165) is 19.0 Å². The first kappa shape index (κ1) is 14.0. The van der Waals surface area contributed by atoms with Crippen molar-refractivity contribution >= 4 is 0 Å². The van der Waals surface area contributed by atoms with Gasteiger partial charge in [-0.05, 0) is 18.8 Å². The zero-order chi connectivity index (χ0) is 11.5. The summed E-state index contributed by atoms with van der Waals surface area (Å²) in [7, 11) is 0. The topological polar surface area (TPSA) is 14.1 Å². The number of rotatable bonds is 9. The molecule has 0 aromatic carbocycles. The van der Waals surface area contributed by atoms with Gasteiger partial charge in [-0.2, -0.15) is 0 Å². The van der Waals surface area contributed by atoms with Gasteiger partial charge in [0.1, 0.15) is 0 Å². The molecule has 1 radical (unpaired) electrons. The second-order valence-corrected chi connectivity index (χ2v) is 5.38. The molecule has 1 rings (SSSR count). The van der Waals surface area contributed by atoms with Crippen LogP contribution >= 0.6 is 0 Å². The van der Waals surface area contributed by atoms with Crippen molar-refractivity contribution in [1.82, 2.24) is 5.32 Å². The lowest BCUT2D eigenvalue weighted by molar-refractivity contribution is 0.328. The first-order valence-electron chi connectivity index (χ1n) is 7.56. The van der Waals surface area contributed by atoms with Crippen molar-refractivity contribution in [1.29, 1.82) is 0 Å². The Labute approximate surface area is 102 Å². The number of unbranched alkanes of at least 4 members (excludes halogenated alkanes) is 3. The maximum Gasteiger partial charge on any atom is 0.0133 e. The van der Waals surface area contributed by atoms with E-state index in [0.29, 0.717) is 0 Å². The molecular formula is C15H30N. The van der Waals surface area contributed by atoms with Gasteiger partial charge in [0.25, 0.3) is 0 Å². The summed E-state index contributed by atoms with van der Waals surface area (Å²) in [4.78, 5) is 0. The molecule has 0 aliphatic heterocycles. The normalized spacial score (nSPS) is 17.8. The lowest BCUT2D eigenvalue weighted by Crippen LogP contribution is -2.07. The van der Waals surface area contributed by atoms with Crippen LogP contribution in [0.25, 0.3) is 0 Å². The molecule has 0 spiro atoms. The van der Waals surface area contributed by atoms with Gasteiger partial charge in [-0.3, -0.25) is 0 Å². The molecule has 0 aromatic rings. The molecule has 1 aliphatic carbocycles. The number of nitrogens with zero attached hydrogens (tertiary/aromatic N) is 1. The fraction of sp³-hybridized carbons (Fsp3) is 1.00. The molecule has 0 aromatic heterocycles. The minimum Gasteiger partial charge on any atom is -0.242 e. The summed E-state index contributed by atoms with van der Waals surface area (Å²) in [6, 6.07) is 0. The van der Waals surface area contributed by atoms with E-state index in [2.05, 4.69) is 12.2 Å². The van der Waals surface area contributed by atoms with E-state index < -0.39 is 0 Å². The van der Waals surface area contributed by atoms with Crippen molar-refractivity contribution in [3.63, 3.8) is 0 Å². The molecule has 1 heteroatoms. The largest absolute Gasteiger partial charge is 0.242 e. The van der Waals surface area contributed by atoms with Gasteiger partial charge < -0.3 is 0 Å². The van der Waals surface area contributed by atoms with Gasteiger partial charge in [0.15, 0.2) is 0 Å². The summed E-state index contributed by atoms with van der Waals surface area (Å²) in [5.74, 6) is 1.08. The van der Waals surface area contributed by atoms with Crippen molar-refractivity contribution < 1.29 is 0 Å². The average molecular weight is 224 g/mol. The summed E-state index contributed by atoms with van der Waals surface area (Å²) in [6.45, 7) is 4.38. The van der Waals surface area contributed by atoms with Crippen LogP contribution in [0.5, 0.6) is 0 Å². The molecule has 0 bridgehead atoms. The van der Waals surface area contributed by atoms with Crippen molar-refractivity contribution in [3.05, 3.63) is 0 Å². The van der Waals surface area contributed by atoms with Crippen molar-refractivity contribution in [2.45, 2.75) is 77.6 Å². The Morgan fingerprint density at radius 1 is 0.875 bits per heavy atom. The van der Waals surface area contributed by atoms with Crippen LogP contribution in [0.3, 0.4) is 0 Å². The van der Waals surface area contributed by atoms with Gasteiger partial charge >= 0.3 is 0 Å². The third kappa shape index (κ3) is 7.27. The summed E-state index contributed by atoms with van der Waals surface area (Å²) in [6.07, 6.45) is 15.9. The Bertz CT molecular complexity index is 138. The average Bonchev–Trinajstić information content (AvgIpc) is 2.34. The van der Waals surface area contributed by atoms with E-state index in [1.807, 2.05) is 0 Å². The van der Waals surface area contributed by atoms with Crippen LogP contribution < -0.4 is 5.32 Å². The van der Waals surface area contributed by atoms with E-state index in [9.17, 15) is 0 Å². The quantitative estimate of drug-likeness (QED) is 0.511. The Hall–Kier alpha value is -0.0400. The Morgan fingerprint density at radius 2 is 1.62 bits per heavy atom. The van der Waals surface area contributed by atoms with E-state index in [1.54, 1.807) is 0 Å².